The molecule has 1 atom stereocenters. The van der Waals surface area contributed by atoms with Gasteiger partial charge in [-0.05, 0) is 32.7 Å². The van der Waals surface area contributed by atoms with Crippen LogP contribution in [0.15, 0.2) is 6.20 Å². The van der Waals surface area contributed by atoms with Crippen molar-refractivity contribution in [3.63, 3.8) is 0 Å². The Labute approximate surface area is 107 Å². The van der Waals surface area contributed by atoms with Crippen LogP contribution in [0.1, 0.15) is 41.9 Å². The van der Waals surface area contributed by atoms with Crippen molar-refractivity contribution in [3.05, 3.63) is 16.1 Å². The number of ketones is 1. The second kappa shape index (κ2) is 5.27. The molecule has 1 unspecified atom stereocenters. The molecule has 3 nitrogen and oxygen atoms in total. The molecule has 1 aromatic heterocycles. The van der Waals surface area contributed by atoms with Gasteiger partial charge in [-0.1, -0.05) is 0 Å². The van der Waals surface area contributed by atoms with Crippen LogP contribution < -0.4 is 0 Å². The van der Waals surface area contributed by atoms with Crippen molar-refractivity contribution in [2.75, 3.05) is 13.1 Å². The summed E-state index contributed by atoms with van der Waals surface area (Å²) >= 11 is 1.56. The van der Waals surface area contributed by atoms with Gasteiger partial charge in [0.25, 0.3) is 0 Å². The van der Waals surface area contributed by atoms with Gasteiger partial charge in [-0.15, -0.1) is 11.3 Å². The van der Waals surface area contributed by atoms with E-state index in [-0.39, 0.29) is 5.78 Å². The van der Waals surface area contributed by atoms with Crippen LogP contribution in [0.3, 0.4) is 0 Å². The van der Waals surface area contributed by atoms with Crippen LogP contribution in [0.2, 0.25) is 0 Å². The van der Waals surface area contributed by atoms with Crippen molar-refractivity contribution in [1.29, 1.82) is 0 Å². The molecule has 0 aromatic carbocycles. The molecule has 0 spiro atoms. The minimum Gasteiger partial charge on any atom is -0.301 e. The summed E-state index contributed by atoms with van der Waals surface area (Å²) < 4.78 is 0. The molecule has 0 radical (unpaired) electrons. The molecule has 1 aliphatic rings. The molecule has 17 heavy (non-hydrogen) atoms. The Morgan fingerprint density at radius 1 is 1.65 bits per heavy atom. The summed E-state index contributed by atoms with van der Waals surface area (Å²) in [5.74, 6) is 0.840. The lowest BCUT2D eigenvalue weighted by Crippen LogP contribution is -2.28. The van der Waals surface area contributed by atoms with Gasteiger partial charge in [0.05, 0.1) is 9.88 Å². The second-order valence-electron chi connectivity index (χ2n) is 5.12. The second-order valence-corrected chi connectivity index (χ2v) is 6.24. The molecule has 0 aliphatic carbocycles. The van der Waals surface area contributed by atoms with E-state index < -0.39 is 0 Å². The van der Waals surface area contributed by atoms with Gasteiger partial charge in [0.1, 0.15) is 0 Å². The Morgan fingerprint density at radius 2 is 2.41 bits per heavy atom. The van der Waals surface area contributed by atoms with E-state index in [9.17, 15) is 4.79 Å². The fourth-order valence-corrected chi connectivity index (χ4v) is 3.24. The number of rotatable bonds is 4. The lowest BCUT2D eigenvalue weighted by Gasteiger charge is -2.19. The Balaban J connectivity index is 1.91. The summed E-state index contributed by atoms with van der Waals surface area (Å²) in [5, 5.41) is 1.12. The van der Waals surface area contributed by atoms with Gasteiger partial charge < -0.3 is 4.90 Å². The van der Waals surface area contributed by atoms with Crippen molar-refractivity contribution in [2.24, 2.45) is 5.92 Å². The van der Waals surface area contributed by atoms with Gasteiger partial charge in [-0.25, -0.2) is 4.98 Å². The molecule has 1 aliphatic heterocycles. The standard InChI is InChI=1S/C13H20N2OS/c1-9(2)15-5-4-11(8-15)6-13-14-7-12(17-13)10(3)16/h7,9,11H,4-6,8H2,1-3H3. The maximum atomic E-state index is 11.2. The zero-order valence-corrected chi connectivity index (χ0v) is 11.6. The molecule has 2 heterocycles. The predicted molar refractivity (Wildman–Crippen MR) is 70.6 cm³/mol. The Hall–Kier alpha value is -0.740. The van der Waals surface area contributed by atoms with Crippen LogP contribution in [-0.4, -0.2) is 34.8 Å². The first kappa shape index (κ1) is 12.7. The fourth-order valence-electron chi connectivity index (χ4n) is 2.31. The van der Waals surface area contributed by atoms with Crippen molar-refractivity contribution in [3.8, 4) is 0 Å². The molecule has 0 amide bonds. The van der Waals surface area contributed by atoms with E-state index in [1.54, 1.807) is 24.5 Å². The fraction of sp³-hybridized carbons (Fsp3) is 0.692. The minimum absolute atomic E-state index is 0.129. The molecule has 2 rings (SSSR count). The summed E-state index contributed by atoms with van der Waals surface area (Å²) in [5.41, 5.74) is 0. The number of thiazole rings is 1. The summed E-state index contributed by atoms with van der Waals surface area (Å²) in [6.07, 6.45) is 4.01. The number of hydrogen-bond donors (Lipinski definition) is 0. The maximum absolute atomic E-state index is 11.2. The molecule has 94 valence electrons. The number of carbonyl (C=O) groups is 1. The third-order valence-corrected chi connectivity index (χ3v) is 4.53. The highest BCUT2D eigenvalue weighted by atomic mass is 32.1. The van der Waals surface area contributed by atoms with E-state index in [2.05, 4.69) is 23.7 Å². The van der Waals surface area contributed by atoms with Gasteiger partial charge in [0.2, 0.25) is 0 Å². The Kier molecular flexibility index (Phi) is 3.94. The molecule has 0 N–H and O–H groups in total. The monoisotopic (exact) mass is 252 g/mol. The van der Waals surface area contributed by atoms with Gasteiger partial charge in [-0.2, -0.15) is 0 Å². The SMILES string of the molecule is CC(=O)c1cnc(CC2CCN(C(C)C)C2)s1. The first-order valence-electron chi connectivity index (χ1n) is 6.26. The van der Waals surface area contributed by atoms with Gasteiger partial charge >= 0.3 is 0 Å². The van der Waals surface area contributed by atoms with E-state index in [0.29, 0.717) is 12.0 Å². The van der Waals surface area contributed by atoms with E-state index in [0.717, 1.165) is 16.3 Å². The van der Waals surface area contributed by atoms with Crippen LogP contribution in [0, 0.1) is 5.92 Å². The van der Waals surface area contributed by atoms with Crippen molar-refractivity contribution < 1.29 is 4.79 Å². The number of Topliss-reactive ketones (excluding diaryl/α,β-unsaturated/α-hetero) is 1. The van der Waals surface area contributed by atoms with Crippen molar-refractivity contribution in [1.82, 2.24) is 9.88 Å². The lowest BCUT2D eigenvalue weighted by atomic mass is 10.1. The zero-order valence-electron chi connectivity index (χ0n) is 10.8. The van der Waals surface area contributed by atoms with E-state index in [4.69, 9.17) is 0 Å². The molecule has 4 heteroatoms. The smallest absolute Gasteiger partial charge is 0.171 e. The highest BCUT2D eigenvalue weighted by Gasteiger charge is 2.25. The largest absolute Gasteiger partial charge is 0.301 e. The van der Waals surface area contributed by atoms with Crippen LogP contribution in [0.5, 0.6) is 0 Å². The average molecular weight is 252 g/mol. The Morgan fingerprint density at radius 3 is 2.94 bits per heavy atom. The van der Waals surface area contributed by atoms with Crippen LogP contribution in [0.25, 0.3) is 0 Å². The Bertz CT molecular complexity index is 400. The first-order chi connectivity index (χ1) is 8.06. The highest BCUT2D eigenvalue weighted by Crippen LogP contribution is 2.24. The lowest BCUT2D eigenvalue weighted by molar-refractivity contribution is 0.102. The summed E-state index contributed by atoms with van der Waals surface area (Å²) in [6, 6.07) is 0.643. The number of aromatic nitrogens is 1. The number of hydrogen-bond acceptors (Lipinski definition) is 4. The maximum Gasteiger partial charge on any atom is 0.171 e. The molecule has 1 aromatic rings. The van der Waals surface area contributed by atoms with Crippen molar-refractivity contribution in [2.45, 2.75) is 39.7 Å². The van der Waals surface area contributed by atoms with E-state index in [1.807, 2.05) is 0 Å². The van der Waals surface area contributed by atoms with Crippen LogP contribution in [0.4, 0.5) is 0 Å². The molecule has 0 saturated carbocycles. The van der Waals surface area contributed by atoms with Crippen LogP contribution >= 0.6 is 11.3 Å². The van der Waals surface area contributed by atoms with Gasteiger partial charge in [0.15, 0.2) is 5.78 Å². The van der Waals surface area contributed by atoms with Crippen molar-refractivity contribution >= 4 is 17.1 Å². The van der Waals surface area contributed by atoms with E-state index in [1.165, 1.54) is 19.5 Å². The zero-order chi connectivity index (χ0) is 12.4. The normalized spacial score (nSPS) is 21.3. The minimum atomic E-state index is 0.129. The molecule has 1 fully saturated rings. The highest BCUT2D eigenvalue weighted by molar-refractivity contribution is 7.13. The summed E-state index contributed by atoms with van der Waals surface area (Å²) in [4.78, 5) is 18.9. The predicted octanol–water partition coefficient (Wildman–Crippen LogP) is 2.62. The average Bonchev–Trinajstić information content (AvgIpc) is 2.87. The number of nitrogens with zero attached hydrogens (tertiary/aromatic N) is 2. The molecular weight excluding hydrogens is 232 g/mol. The molecule has 1 saturated heterocycles. The van der Waals surface area contributed by atoms with Gasteiger partial charge in [0, 0.05) is 32.1 Å². The molecular formula is C13H20N2OS. The number of likely N-dealkylation sites (tertiary alicyclic amines) is 1. The first-order valence-corrected chi connectivity index (χ1v) is 7.07. The number of carbonyl (C=O) groups excluding carboxylic acids is 1. The van der Waals surface area contributed by atoms with Crippen LogP contribution in [-0.2, 0) is 6.42 Å². The third-order valence-electron chi connectivity index (χ3n) is 3.41. The summed E-state index contributed by atoms with van der Waals surface area (Å²) in [7, 11) is 0. The summed E-state index contributed by atoms with van der Waals surface area (Å²) in [6.45, 7) is 8.48. The molecule has 0 bridgehead atoms. The topological polar surface area (TPSA) is 33.2 Å². The quantitative estimate of drug-likeness (QED) is 0.772. The van der Waals surface area contributed by atoms with E-state index >= 15 is 0 Å². The third kappa shape index (κ3) is 3.13. The van der Waals surface area contributed by atoms with Gasteiger partial charge in [-0.3, -0.25) is 4.79 Å².